The predicted octanol–water partition coefficient (Wildman–Crippen LogP) is 1.26. The maximum atomic E-state index is 10.9. The van der Waals surface area contributed by atoms with Crippen LogP contribution in [0.3, 0.4) is 0 Å². The number of nitrogens with one attached hydrogen (secondary N) is 1. The fraction of sp³-hybridized carbons (Fsp3) is 0.417. The van der Waals surface area contributed by atoms with E-state index in [1.165, 1.54) is 6.07 Å². The molecule has 0 spiro atoms. The summed E-state index contributed by atoms with van der Waals surface area (Å²) >= 11 is 0. The molecular weight excluding hydrogens is 222 g/mol. The van der Waals surface area contributed by atoms with Gasteiger partial charge >= 0.3 is 5.97 Å². The molecule has 1 aliphatic rings. The van der Waals surface area contributed by atoms with Crippen LogP contribution in [0, 0.1) is 0 Å². The quantitative estimate of drug-likeness (QED) is 0.622. The summed E-state index contributed by atoms with van der Waals surface area (Å²) in [6.07, 6.45) is 1.90. The van der Waals surface area contributed by atoms with Gasteiger partial charge in [0.15, 0.2) is 0 Å². The molecule has 5 heteroatoms. The molecule has 0 bridgehead atoms. The van der Waals surface area contributed by atoms with E-state index in [1.54, 1.807) is 0 Å². The van der Waals surface area contributed by atoms with Gasteiger partial charge in [0.1, 0.15) is 17.1 Å². The molecule has 2 rings (SSSR count). The molecule has 4 N–H and O–H groups in total. The number of carboxylic acid groups (broad SMARTS) is 1. The van der Waals surface area contributed by atoms with Crippen LogP contribution in [-0.2, 0) is 0 Å². The van der Waals surface area contributed by atoms with E-state index in [2.05, 4.69) is 5.32 Å². The lowest BCUT2D eigenvalue weighted by molar-refractivity contribution is 0.0693. The van der Waals surface area contributed by atoms with Crippen molar-refractivity contribution in [1.82, 2.24) is 5.32 Å². The van der Waals surface area contributed by atoms with Crippen molar-refractivity contribution in [2.75, 3.05) is 13.1 Å². The van der Waals surface area contributed by atoms with Crippen molar-refractivity contribution in [1.29, 1.82) is 0 Å². The lowest BCUT2D eigenvalue weighted by Crippen LogP contribution is -2.28. The Morgan fingerprint density at radius 1 is 1.29 bits per heavy atom. The second kappa shape index (κ2) is 4.63. The molecule has 1 aromatic rings. The van der Waals surface area contributed by atoms with Gasteiger partial charge < -0.3 is 20.6 Å². The number of aromatic carboxylic acids is 1. The van der Waals surface area contributed by atoms with Gasteiger partial charge in [0.2, 0.25) is 0 Å². The van der Waals surface area contributed by atoms with Crippen LogP contribution in [0.25, 0.3) is 0 Å². The third-order valence-electron chi connectivity index (χ3n) is 3.11. The summed E-state index contributed by atoms with van der Waals surface area (Å²) in [5, 5.41) is 31.3. The van der Waals surface area contributed by atoms with E-state index < -0.39 is 11.7 Å². The Morgan fingerprint density at radius 2 is 2.06 bits per heavy atom. The van der Waals surface area contributed by atoms with Gasteiger partial charge in [-0.3, -0.25) is 0 Å². The van der Waals surface area contributed by atoms with Crippen LogP contribution in [0.2, 0.25) is 0 Å². The Labute approximate surface area is 98.7 Å². The zero-order valence-electron chi connectivity index (χ0n) is 9.31. The molecule has 1 aromatic carbocycles. The van der Waals surface area contributed by atoms with E-state index in [9.17, 15) is 15.0 Å². The van der Waals surface area contributed by atoms with Gasteiger partial charge in [-0.05, 0) is 31.0 Å². The highest BCUT2D eigenvalue weighted by atomic mass is 16.4. The number of phenols is 2. The van der Waals surface area contributed by atoms with Crippen molar-refractivity contribution in [3.63, 3.8) is 0 Å². The first-order valence-electron chi connectivity index (χ1n) is 5.59. The van der Waals surface area contributed by atoms with Crippen molar-refractivity contribution in [2.45, 2.75) is 18.8 Å². The molecular formula is C12H15NO4. The van der Waals surface area contributed by atoms with Crippen LogP contribution < -0.4 is 5.32 Å². The van der Waals surface area contributed by atoms with Crippen LogP contribution >= 0.6 is 0 Å². The van der Waals surface area contributed by atoms with Crippen LogP contribution in [0.15, 0.2) is 12.1 Å². The minimum Gasteiger partial charge on any atom is -0.508 e. The fourth-order valence-electron chi connectivity index (χ4n) is 2.21. The molecule has 1 heterocycles. The number of carbonyl (C=O) groups is 1. The number of piperidine rings is 1. The average Bonchev–Trinajstić information content (AvgIpc) is 2.29. The predicted molar refractivity (Wildman–Crippen MR) is 61.6 cm³/mol. The van der Waals surface area contributed by atoms with Crippen LogP contribution in [-0.4, -0.2) is 34.4 Å². The van der Waals surface area contributed by atoms with Gasteiger partial charge in [-0.15, -0.1) is 0 Å². The highest BCUT2D eigenvalue weighted by Crippen LogP contribution is 2.35. The van der Waals surface area contributed by atoms with Gasteiger partial charge in [0.05, 0.1) is 0 Å². The van der Waals surface area contributed by atoms with Gasteiger partial charge in [0.25, 0.3) is 0 Å². The number of rotatable bonds is 2. The first-order chi connectivity index (χ1) is 8.09. The number of hydrogen-bond acceptors (Lipinski definition) is 4. The Bertz CT molecular complexity index is 438. The van der Waals surface area contributed by atoms with Crippen molar-refractivity contribution in [3.05, 3.63) is 23.3 Å². The van der Waals surface area contributed by atoms with Crippen LogP contribution in [0.4, 0.5) is 0 Å². The normalized spacial score (nSPS) is 20.1. The molecule has 0 saturated carbocycles. The minimum atomic E-state index is -1.19. The highest BCUT2D eigenvalue weighted by molar-refractivity contribution is 5.91. The molecule has 1 unspecified atom stereocenters. The third kappa shape index (κ3) is 2.34. The van der Waals surface area contributed by atoms with E-state index in [0.29, 0.717) is 5.56 Å². The van der Waals surface area contributed by atoms with Crippen molar-refractivity contribution in [2.24, 2.45) is 0 Å². The standard InChI is InChI=1S/C12H15NO4/c14-10-5-11(15)9(12(16)17)4-8(10)7-2-1-3-13-6-7/h4-5,7,13-15H,1-3,6H2,(H,16,17). The number of carboxylic acids is 1. The van der Waals surface area contributed by atoms with E-state index in [4.69, 9.17) is 5.11 Å². The summed E-state index contributed by atoms with van der Waals surface area (Å²) in [5.74, 6) is -1.53. The minimum absolute atomic E-state index is 0.0406. The number of benzene rings is 1. The Morgan fingerprint density at radius 3 is 2.65 bits per heavy atom. The Kier molecular flexibility index (Phi) is 3.19. The smallest absolute Gasteiger partial charge is 0.339 e. The molecule has 92 valence electrons. The summed E-state index contributed by atoms with van der Waals surface area (Å²) < 4.78 is 0. The number of phenolic OH excluding ortho intramolecular Hbond substituents is 1. The molecule has 0 aliphatic carbocycles. The lowest BCUT2D eigenvalue weighted by atomic mass is 9.89. The topological polar surface area (TPSA) is 89.8 Å². The van der Waals surface area contributed by atoms with E-state index in [0.717, 1.165) is 32.0 Å². The molecule has 0 amide bonds. The maximum Gasteiger partial charge on any atom is 0.339 e. The highest BCUT2D eigenvalue weighted by Gasteiger charge is 2.22. The molecule has 1 saturated heterocycles. The van der Waals surface area contributed by atoms with E-state index in [1.807, 2.05) is 0 Å². The maximum absolute atomic E-state index is 10.9. The molecule has 1 atom stereocenters. The van der Waals surface area contributed by atoms with Gasteiger partial charge in [-0.25, -0.2) is 4.79 Å². The first kappa shape index (κ1) is 11.7. The van der Waals surface area contributed by atoms with E-state index in [-0.39, 0.29) is 17.2 Å². The van der Waals surface area contributed by atoms with Crippen LogP contribution in [0.5, 0.6) is 11.5 Å². The average molecular weight is 237 g/mol. The summed E-state index contributed by atoms with van der Waals surface area (Å²) in [7, 11) is 0. The van der Waals surface area contributed by atoms with Gasteiger partial charge in [0, 0.05) is 18.5 Å². The second-order valence-electron chi connectivity index (χ2n) is 4.28. The van der Waals surface area contributed by atoms with Crippen molar-refractivity contribution >= 4 is 5.97 Å². The summed E-state index contributed by atoms with van der Waals surface area (Å²) in [5.41, 5.74) is 0.427. The third-order valence-corrected chi connectivity index (χ3v) is 3.11. The number of hydrogen-bond donors (Lipinski definition) is 4. The molecule has 1 fully saturated rings. The van der Waals surface area contributed by atoms with Crippen molar-refractivity contribution in [3.8, 4) is 11.5 Å². The Balaban J connectivity index is 2.38. The zero-order valence-corrected chi connectivity index (χ0v) is 9.31. The monoisotopic (exact) mass is 237 g/mol. The molecule has 0 radical (unpaired) electrons. The number of aromatic hydroxyl groups is 2. The van der Waals surface area contributed by atoms with Crippen LogP contribution in [0.1, 0.15) is 34.7 Å². The molecule has 0 aromatic heterocycles. The molecule has 5 nitrogen and oxygen atoms in total. The SMILES string of the molecule is O=C(O)c1cc(C2CCCNC2)c(O)cc1O. The molecule has 17 heavy (non-hydrogen) atoms. The largest absolute Gasteiger partial charge is 0.508 e. The second-order valence-corrected chi connectivity index (χ2v) is 4.28. The zero-order chi connectivity index (χ0) is 12.4. The first-order valence-corrected chi connectivity index (χ1v) is 5.59. The summed E-state index contributed by atoms with van der Waals surface area (Å²) in [6.45, 7) is 1.67. The van der Waals surface area contributed by atoms with E-state index >= 15 is 0 Å². The summed E-state index contributed by atoms with van der Waals surface area (Å²) in [4.78, 5) is 10.9. The van der Waals surface area contributed by atoms with Gasteiger partial charge in [-0.1, -0.05) is 0 Å². The fourth-order valence-corrected chi connectivity index (χ4v) is 2.21. The molecule has 1 aliphatic heterocycles. The van der Waals surface area contributed by atoms with Crippen molar-refractivity contribution < 1.29 is 20.1 Å². The Hall–Kier alpha value is -1.75. The lowest BCUT2D eigenvalue weighted by Gasteiger charge is -2.24. The summed E-state index contributed by atoms with van der Waals surface area (Å²) in [6, 6.07) is 2.47. The van der Waals surface area contributed by atoms with Gasteiger partial charge in [-0.2, -0.15) is 0 Å².